The fourth-order valence-corrected chi connectivity index (χ4v) is 4.01. The van der Waals surface area contributed by atoms with Crippen molar-refractivity contribution in [1.82, 2.24) is 20.3 Å². The largest absolute Gasteiger partial charge is 0.490 e. The molecule has 2 fully saturated rings. The minimum absolute atomic E-state index is 0.306. The Morgan fingerprint density at radius 3 is 2.72 bits per heavy atom. The Morgan fingerprint density at radius 2 is 2.00 bits per heavy atom. The normalized spacial score (nSPS) is 19.3. The van der Waals surface area contributed by atoms with Crippen molar-refractivity contribution in [2.24, 2.45) is 0 Å². The minimum atomic E-state index is 0.306. The number of aliphatic hydroxyl groups excluding tert-OH is 1. The van der Waals surface area contributed by atoms with Gasteiger partial charge in [0, 0.05) is 17.3 Å². The molecule has 29 heavy (non-hydrogen) atoms. The smallest absolute Gasteiger partial charge is 0.160 e. The van der Waals surface area contributed by atoms with Gasteiger partial charge < -0.3 is 20.1 Å². The zero-order valence-electron chi connectivity index (χ0n) is 17.0. The summed E-state index contributed by atoms with van der Waals surface area (Å²) >= 11 is 0. The molecule has 3 N–H and O–H groups in total. The van der Waals surface area contributed by atoms with Crippen LogP contribution in [-0.4, -0.2) is 45.4 Å². The van der Waals surface area contributed by atoms with Gasteiger partial charge in [-0.15, -0.1) is 0 Å². The van der Waals surface area contributed by atoms with Gasteiger partial charge in [0.2, 0.25) is 0 Å². The Morgan fingerprint density at radius 1 is 1.14 bits per heavy atom. The molecular formula is C23H30N4O2. The lowest BCUT2D eigenvalue weighted by Crippen LogP contribution is -2.24. The van der Waals surface area contributed by atoms with Crippen LogP contribution in [0.5, 0.6) is 5.75 Å². The molecule has 2 aromatic heterocycles. The Balaban J connectivity index is 0.000000249. The van der Waals surface area contributed by atoms with E-state index in [1.54, 1.807) is 0 Å². The molecular weight excluding hydrogens is 364 g/mol. The fourth-order valence-electron chi connectivity index (χ4n) is 4.01. The zero-order valence-corrected chi connectivity index (χ0v) is 17.0. The average Bonchev–Trinajstić information content (AvgIpc) is 3.49. The Labute approximate surface area is 171 Å². The molecule has 154 valence electrons. The van der Waals surface area contributed by atoms with Crippen LogP contribution >= 0.6 is 0 Å². The second-order valence-electron chi connectivity index (χ2n) is 7.97. The van der Waals surface area contributed by atoms with Crippen LogP contribution in [0.25, 0.3) is 22.4 Å². The van der Waals surface area contributed by atoms with Gasteiger partial charge in [-0.25, -0.2) is 9.97 Å². The number of aromatic nitrogens is 3. The van der Waals surface area contributed by atoms with Gasteiger partial charge in [0.15, 0.2) is 5.82 Å². The number of benzene rings is 1. The van der Waals surface area contributed by atoms with Gasteiger partial charge in [-0.1, -0.05) is 12.1 Å². The van der Waals surface area contributed by atoms with Gasteiger partial charge in [-0.3, -0.25) is 0 Å². The third kappa shape index (κ3) is 5.14. The monoisotopic (exact) mass is 394 g/mol. The Bertz CT molecular complexity index is 928. The number of aromatic amines is 1. The summed E-state index contributed by atoms with van der Waals surface area (Å²) in [5, 5.41) is 11.7. The van der Waals surface area contributed by atoms with Gasteiger partial charge in [0.05, 0.1) is 29.9 Å². The van der Waals surface area contributed by atoms with Gasteiger partial charge >= 0.3 is 0 Å². The Hall–Kier alpha value is -2.44. The van der Waals surface area contributed by atoms with Gasteiger partial charge in [-0.2, -0.15) is 0 Å². The number of nitrogens with one attached hydrogen (secondary N) is 2. The first-order valence-corrected chi connectivity index (χ1v) is 10.6. The lowest BCUT2D eigenvalue weighted by molar-refractivity contribution is 0.210. The number of hydrogen-bond acceptors (Lipinski definition) is 5. The SMILES string of the molecule is Cc1cc2nc(-c3cccc(OC4CCCC4)c3)ncc2[nH]1.OCC1CCCN1. The molecule has 0 spiro atoms. The molecule has 0 radical (unpaired) electrons. The summed E-state index contributed by atoms with van der Waals surface area (Å²) in [6, 6.07) is 10.5. The van der Waals surface area contributed by atoms with Crippen LogP contribution in [0.2, 0.25) is 0 Å². The van der Waals surface area contributed by atoms with E-state index in [0.29, 0.717) is 18.8 Å². The second-order valence-corrected chi connectivity index (χ2v) is 7.97. The molecule has 1 atom stereocenters. The standard InChI is InChI=1S/C18H19N3O.C5H11NO/c1-12-9-16-17(20-12)11-19-18(21-16)13-5-4-8-15(10-13)22-14-6-2-3-7-14;7-4-5-2-1-3-6-5/h4-5,8-11,14,20H,2-3,6-7H2,1H3;5-7H,1-4H2. The van der Waals surface area contributed by atoms with Crippen LogP contribution in [0.15, 0.2) is 36.5 Å². The van der Waals surface area contributed by atoms with E-state index >= 15 is 0 Å². The minimum Gasteiger partial charge on any atom is -0.490 e. The van der Waals surface area contributed by atoms with Crippen LogP contribution in [0.4, 0.5) is 0 Å². The molecule has 6 nitrogen and oxygen atoms in total. The van der Waals surface area contributed by atoms with E-state index in [9.17, 15) is 0 Å². The number of aryl methyl sites for hydroxylation is 1. The van der Waals surface area contributed by atoms with Crippen LogP contribution in [0.3, 0.4) is 0 Å². The maximum absolute atomic E-state index is 8.50. The first kappa shape index (κ1) is 19.9. The summed E-state index contributed by atoms with van der Waals surface area (Å²) in [6.07, 6.45) is 9.46. The third-order valence-corrected chi connectivity index (χ3v) is 5.58. The maximum Gasteiger partial charge on any atom is 0.160 e. The van der Waals surface area contributed by atoms with Gasteiger partial charge in [-0.05, 0) is 70.2 Å². The summed E-state index contributed by atoms with van der Waals surface area (Å²) in [6.45, 7) is 3.42. The maximum atomic E-state index is 8.50. The summed E-state index contributed by atoms with van der Waals surface area (Å²) in [5.41, 5.74) is 4.01. The van der Waals surface area contributed by atoms with Crippen molar-refractivity contribution in [2.75, 3.05) is 13.2 Å². The third-order valence-electron chi connectivity index (χ3n) is 5.58. The van der Waals surface area contributed by atoms with Crippen molar-refractivity contribution in [3.8, 4) is 17.1 Å². The number of fused-ring (bicyclic) bond motifs is 1. The highest BCUT2D eigenvalue weighted by atomic mass is 16.5. The van der Waals surface area contributed by atoms with Gasteiger partial charge in [0.1, 0.15) is 5.75 Å². The summed E-state index contributed by atoms with van der Waals surface area (Å²) < 4.78 is 6.07. The first-order chi connectivity index (χ1) is 14.2. The fraction of sp³-hybridized carbons (Fsp3) is 0.478. The molecule has 1 saturated carbocycles. The van der Waals surface area contributed by atoms with E-state index in [1.165, 1.54) is 19.3 Å². The van der Waals surface area contributed by atoms with Gasteiger partial charge in [0.25, 0.3) is 0 Å². The number of aliphatic hydroxyl groups is 1. The van der Waals surface area contributed by atoms with Crippen molar-refractivity contribution in [1.29, 1.82) is 0 Å². The highest BCUT2D eigenvalue weighted by Crippen LogP contribution is 2.27. The molecule has 1 aliphatic heterocycles. The molecule has 0 amide bonds. The molecule has 2 aliphatic rings. The number of hydrogen-bond donors (Lipinski definition) is 3. The van der Waals surface area contributed by atoms with Crippen molar-refractivity contribution in [2.45, 2.75) is 57.6 Å². The average molecular weight is 395 g/mol. The van der Waals surface area contributed by atoms with Crippen LogP contribution in [0, 0.1) is 6.92 Å². The lowest BCUT2D eigenvalue weighted by Gasteiger charge is -2.13. The number of nitrogens with zero attached hydrogens (tertiary/aromatic N) is 2. The highest BCUT2D eigenvalue weighted by Gasteiger charge is 2.17. The zero-order chi connectivity index (χ0) is 20.1. The van der Waals surface area contributed by atoms with Crippen molar-refractivity contribution in [3.05, 3.63) is 42.2 Å². The van der Waals surface area contributed by atoms with E-state index in [0.717, 1.165) is 59.7 Å². The highest BCUT2D eigenvalue weighted by molar-refractivity contribution is 5.77. The number of H-pyrrole nitrogens is 1. The summed E-state index contributed by atoms with van der Waals surface area (Å²) in [5.74, 6) is 1.65. The molecule has 0 bridgehead atoms. The molecule has 3 aromatic rings. The lowest BCUT2D eigenvalue weighted by atomic mass is 10.2. The molecule has 1 saturated heterocycles. The Kier molecular flexibility index (Phi) is 6.42. The van der Waals surface area contributed by atoms with Crippen molar-refractivity contribution in [3.63, 3.8) is 0 Å². The van der Waals surface area contributed by atoms with E-state index in [4.69, 9.17) is 9.84 Å². The van der Waals surface area contributed by atoms with E-state index < -0.39 is 0 Å². The molecule has 1 aliphatic carbocycles. The first-order valence-electron chi connectivity index (χ1n) is 10.6. The van der Waals surface area contributed by atoms with E-state index in [2.05, 4.69) is 20.3 Å². The molecule has 1 aromatic carbocycles. The molecule has 5 rings (SSSR count). The van der Waals surface area contributed by atoms with Crippen LogP contribution in [-0.2, 0) is 0 Å². The second kappa shape index (κ2) is 9.37. The predicted molar refractivity (Wildman–Crippen MR) is 115 cm³/mol. The molecule has 3 heterocycles. The van der Waals surface area contributed by atoms with Crippen molar-refractivity contribution < 1.29 is 9.84 Å². The van der Waals surface area contributed by atoms with E-state index in [-0.39, 0.29) is 0 Å². The van der Waals surface area contributed by atoms with Crippen LogP contribution < -0.4 is 10.1 Å². The predicted octanol–water partition coefficient (Wildman–Crippen LogP) is 3.99. The van der Waals surface area contributed by atoms with E-state index in [1.807, 2.05) is 43.5 Å². The van der Waals surface area contributed by atoms with Crippen molar-refractivity contribution >= 4 is 11.0 Å². The number of ether oxygens (including phenoxy) is 1. The topological polar surface area (TPSA) is 83.1 Å². The number of rotatable bonds is 4. The molecule has 1 unspecified atom stereocenters. The quantitative estimate of drug-likeness (QED) is 0.623. The van der Waals surface area contributed by atoms with Crippen LogP contribution in [0.1, 0.15) is 44.2 Å². The summed E-state index contributed by atoms with van der Waals surface area (Å²) in [4.78, 5) is 12.4. The summed E-state index contributed by atoms with van der Waals surface area (Å²) in [7, 11) is 0. The molecule has 6 heteroatoms.